The van der Waals surface area contributed by atoms with E-state index in [-0.39, 0.29) is 0 Å². The van der Waals surface area contributed by atoms with E-state index in [1.54, 1.807) is 0 Å². The average molecular weight is 567 g/mol. The van der Waals surface area contributed by atoms with Gasteiger partial charge >= 0.3 is 0 Å². The Labute approximate surface area is 252 Å². The minimum atomic E-state index is 0.713. The number of fused-ring (bicyclic) bond motifs is 7. The molecule has 5 nitrogen and oxygen atoms in total. The van der Waals surface area contributed by atoms with E-state index in [0.717, 1.165) is 83.0 Å². The van der Waals surface area contributed by atoms with Gasteiger partial charge in [-0.25, -0.2) is 0 Å². The third-order valence-electron chi connectivity index (χ3n) is 8.73. The Hall–Kier alpha value is -6.07. The molecule has 208 valence electrons. The number of nitrogens with zero attached hydrogens (tertiary/aromatic N) is 3. The number of aromatic nitrogens is 3. The van der Waals surface area contributed by atoms with Crippen molar-refractivity contribution in [2.45, 2.75) is 0 Å². The van der Waals surface area contributed by atoms with E-state index in [0.29, 0.717) is 5.69 Å². The van der Waals surface area contributed by atoms with Crippen LogP contribution in [0.1, 0.15) is 5.69 Å². The second-order valence-corrected chi connectivity index (χ2v) is 11.1. The summed E-state index contributed by atoms with van der Waals surface area (Å²) in [5, 5.41) is 4.23. The van der Waals surface area contributed by atoms with Crippen molar-refractivity contribution < 1.29 is 4.42 Å². The summed E-state index contributed by atoms with van der Waals surface area (Å²) in [7, 11) is 0. The van der Waals surface area contributed by atoms with Gasteiger partial charge in [0.1, 0.15) is 5.58 Å². The molecule has 0 bridgehead atoms. The first-order valence-electron chi connectivity index (χ1n) is 14.6. The fourth-order valence-electron chi connectivity index (χ4n) is 6.75. The summed E-state index contributed by atoms with van der Waals surface area (Å²) in [5.74, 6) is 0. The molecule has 5 aromatic carbocycles. The van der Waals surface area contributed by atoms with E-state index in [2.05, 4.69) is 107 Å². The molecule has 0 radical (unpaired) electrons. The molecule has 0 spiro atoms. The molecule has 4 heterocycles. The van der Waals surface area contributed by atoms with E-state index < -0.39 is 0 Å². The second-order valence-electron chi connectivity index (χ2n) is 11.1. The van der Waals surface area contributed by atoms with Gasteiger partial charge in [-0.2, -0.15) is 0 Å². The van der Waals surface area contributed by atoms with E-state index >= 15 is 0 Å². The van der Waals surface area contributed by atoms with Gasteiger partial charge in [-0.15, -0.1) is 0 Å². The van der Waals surface area contributed by atoms with Crippen LogP contribution < -0.4 is 5.73 Å². The van der Waals surface area contributed by atoms with Crippen molar-refractivity contribution >= 4 is 66.5 Å². The predicted octanol–water partition coefficient (Wildman–Crippen LogP) is 9.91. The van der Waals surface area contributed by atoms with Crippen LogP contribution in [0.3, 0.4) is 0 Å². The van der Waals surface area contributed by atoms with Crippen LogP contribution in [0.2, 0.25) is 0 Å². The fraction of sp³-hybridized carbons (Fsp3) is 0. The Kier molecular flexibility index (Phi) is 5.14. The maximum atomic E-state index is 6.57. The van der Waals surface area contributed by atoms with Gasteiger partial charge in [0.15, 0.2) is 5.58 Å². The molecule has 9 rings (SSSR count). The number of furan rings is 1. The van der Waals surface area contributed by atoms with Crippen molar-refractivity contribution in [3.05, 3.63) is 140 Å². The molecule has 0 fully saturated rings. The van der Waals surface area contributed by atoms with Crippen LogP contribution >= 0.6 is 0 Å². The number of hydrogen-bond donors (Lipinski definition) is 1. The highest BCUT2D eigenvalue weighted by molar-refractivity contribution is 6.11. The lowest BCUT2D eigenvalue weighted by Gasteiger charge is -2.09. The fourth-order valence-corrected chi connectivity index (χ4v) is 6.75. The van der Waals surface area contributed by atoms with Gasteiger partial charge in [-0.1, -0.05) is 67.2 Å². The summed E-state index contributed by atoms with van der Waals surface area (Å²) < 4.78 is 11.0. The highest BCUT2D eigenvalue weighted by Gasteiger charge is 2.19. The van der Waals surface area contributed by atoms with Crippen LogP contribution in [0.15, 0.2) is 139 Å². The minimum Gasteiger partial charge on any atom is -0.454 e. The molecule has 2 N–H and O–H groups in total. The van der Waals surface area contributed by atoms with E-state index in [1.807, 2.05) is 42.6 Å². The minimum absolute atomic E-state index is 0.713. The highest BCUT2D eigenvalue weighted by atomic mass is 16.3. The topological polar surface area (TPSA) is 61.9 Å². The molecule has 4 aromatic heterocycles. The summed E-state index contributed by atoms with van der Waals surface area (Å²) in [6, 6.07) is 42.1. The Bertz CT molecular complexity index is 2580. The average Bonchev–Trinajstić information content (AvgIpc) is 3.72. The molecule has 0 saturated heterocycles. The maximum absolute atomic E-state index is 6.57. The SMILES string of the molecule is C=Cc1c(N)c2ccccc2n1-c1cccc2c1oc1ccc(-c3ccc4c(c3)c3ncccc3n4-c3ccccc3)cc12. The number of pyridine rings is 1. The largest absolute Gasteiger partial charge is 0.454 e. The molecule has 0 amide bonds. The van der Waals surface area contributed by atoms with Crippen molar-refractivity contribution in [1.29, 1.82) is 0 Å². The Morgan fingerprint density at radius 2 is 1.36 bits per heavy atom. The Morgan fingerprint density at radius 3 is 2.23 bits per heavy atom. The van der Waals surface area contributed by atoms with Gasteiger partial charge in [-0.3, -0.25) is 4.98 Å². The second kappa shape index (κ2) is 9.21. The van der Waals surface area contributed by atoms with Crippen LogP contribution in [0, 0.1) is 0 Å². The van der Waals surface area contributed by atoms with Crippen molar-refractivity contribution in [2.24, 2.45) is 0 Å². The zero-order valence-corrected chi connectivity index (χ0v) is 23.7. The molecule has 0 aliphatic carbocycles. The third kappa shape index (κ3) is 3.38. The first kappa shape index (κ1) is 24.5. The van der Waals surface area contributed by atoms with Crippen LogP contribution in [-0.2, 0) is 0 Å². The Balaban J connectivity index is 1.24. The summed E-state index contributed by atoms with van der Waals surface area (Å²) in [6.07, 6.45) is 3.68. The molecule has 9 aromatic rings. The lowest BCUT2D eigenvalue weighted by atomic mass is 10.0. The molecule has 0 aliphatic heterocycles. The number of hydrogen-bond acceptors (Lipinski definition) is 3. The van der Waals surface area contributed by atoms with Gasteiger partial charge < -0.3 is 19.3 Å². The van der Waals surface area contributed by atoms with Gasteiger partial charge in [0.05, 0.1) is 39.1 Å². The molecule has 5 heteroatoms. The molecule has 0 aliphatic rings. The molecular formula is C39H26N4O. The molecule has 0 atom stereocenters. The van der Waals surface area contributed by atoms with Gasteiger partial charge in [0, 0.05) is 33.4 Å². The van der Waals surface area contributed by atoms with Gasteiger partial charge in [0.25, 0.3) is 0 Å². The van der Waals surface area contributed by atoms with Crippen molar-refractivity contribution in [3.63, 3.8) is 0 Å². The molecule has 0 saturated carbocycles. The maximum Gasteiger partial charge on any atom is 0.159 e. The Morgan fingerprint density at radius 1 is 0.636 bits per heavy atom. The zero-order valence-electron chi connectivity index (χ0n) is 23.7. The van der Waals surface area contributed by atoms with Crippen LogP contribution in [-0.4, -0.2) is 14.1 Å². The zero-order chi connectivity index (χ0) is 29.4. The van der Waals surface area contributed by atoms with Crippen molar-refractivity contribution in [2.75, 3.05) is 5.73 Å². The van der Waals surface area contributed by atoms with Crippen LogP contribution in [0.5, 0.6) is 0 Å². The number of rotatable bonds is 4. The van der Waals surface area contributed by atoms with Crippen molar-refractivity contribution in [3.8, 4) is 22.5 Å². The lowest BCUT2D eigenvalue weighted by Crippen LogP contribution is -1.98. The summed E-state index contributed by atoms with van der Waals surface area (Å²) in [6.45, 7) is 4.06. The van der Waals surface area contributed by atoms with Crippen molar-refractivity contribution in [1.82, 2.24) is 14.1 Å². The quantitative estimate of drug-likeness (QED) is 0.231. The summed E-state index contributed by atoms with van der Waals surface area (Å²) in [4.78, 5) is 4.79. The van der Waals surface area contributed by atoms with E-state index in [1.165, 1.54) is 0 Å². The highest BCUT2D eigenvalue weighted by Crippen LogP contribution is 2.40. The normalized spacial score (nSPS) is 11.8. The van der Waals surface area contributed by atoms with Gasteiger partial charge in [-0.05, 0) is 77.9 Å². The molecule has 0 unspecified atom stereocenters. The smallest absolute Gasteiger partial charge is 0.159 e. The number of anilines is 1. The van der Waals surface area contributed by atoms with Gasteiger partial charge in [0.2, 0.25) is 0 Å². The number of para-hydroxylation sites is 3. The lowest BCUT2D eigenvalue weighted by molar-refractivity contribution is 0.666. The van der Waals surface area contributed by atoms with Crippen LogP contribution in [0.25, 0.3) is 83.4 Å². The summed E-state index contributed by atoms with van der Waals surface area (Å²) in [5.41, 5.74) is 18.3. The first-order valence-corrected chi connectivity index (χ1v) is 14.6. The first-order chi connectivity index (χ1) is 21.7. The number of nitrogen functional groups attached to an aromatic ring is 1. The number of nitrogens with two attached hydrogens (primary N) is 1. The number of benzene rings is 5. The van der Waals surface area contributed by atoms with E-state index in [4.69, 9.17) is 15.1 Å². The standard InChI is InChI=1S/C39H26N4O/c1-2-31-37(40)28-12-6-7-14-32(28)43(31)35-15-8-13-27-29-22-25(18-20-36(29)44-39(27)35)24-17-19-33-30(23-24)38-34(16-9-21-41-38)42(33)26-10-4-3-5-11-26/h2-23H,1,40H2. The van der Waals surface area contributed by atoms with E-state index in [9.17, 15) is 0 Å². The van der Waals surface area contributed by atoms with Crippen LogP contribution in [0.4, 0.5) is 5.69 Å². The summed E-state index contributed by atoms with van der Waals surface area (Å²) >= 11 is 0. The third-order valence-corrected chi connectivity index (χ3v) is 8.73. The predicted molar refractivity (Wildman–Crippen MR) is 183 cm³/mol. The molecule has 44 heavy (non-hydrogen) atoms. The monoisotopic (exact) mass is 566 g/mol. The molecular weight excluding hydrogens is 540 g/mol.